The third kappa shape index (κ3) is 5.66. The summed E-state index contributed by atoms with van der Waals surface area (Å²) in [5.74, 6) is 0.0574. The summed E-state index contributed by atoms with van der Waals surface area (Å²) in [7, 11) is 1.58. The molecule has 3 aliphatic rings. The van der Waals surface area contributed by atoms with Crippen molar-refractivity contribution in [2.75, 3.05) is 7.11 Å². The molecular formula is C37H36BrClN2O4. The number of hydrogen-bond acceptors (Lipinski definition) is 5. The van der Waals surface area contributed by atoms with Gasteiger partial charge in [-0.05, 0) is 88.8 Å². The van der Waals surface area contributed by atoms with Crippen molar-refractivity contribution < 1.29 is 19.1 Å². The number of pyridine rings is 1. The highest BCUT2D eigenvalue weighted by atomic mass is 79.9. The van der Waals surface area contributed by atoms with E-state index in [-0.39, 0.29) is 11.9 Å². The van der Waals surface area contributed by atoms with Crippen LogP contribution in [0.4, 0.5) is 0 Å². The molecule has 8 heteroatoms. The van der Waals surface area contributed by atoms with Gasteiger partial charge in [0.25, 0.3) is 5.91 Å². The van der Waals surface area contributed by atoms with Crippen LogP contribution in [-0.4, -0.2) is 35.1 Å². The Balaban J connectivity index is 1.51. The van der Waals surface area contributed by atoms with Gasteiger partial charge in [0.15, 0.2) is 0 Å². The lowest BCUT2D eigenvalue weighted by molar-refractivity contribution is -0.167. The molecule has 45 heavy (non-hydrogen) atoms. The summed E-state index contributed by atoms with van der Waals surface area (Å²) < 4.78 is 12.6. The predicted octanol–water partition coefficient (Wildman–Crippen LogP) is 9.10. The molecule has 3 aliphatic carbocycles. The Kier molecular flexibility index (Phi) is 8.07. The Bertz CT molecular complexity index is 1850. The zero-order chi connectivity index (χ0) is 32.1. The zero-order valence-corrected chi connectivity index (χ0v) is 28.4. The molecule has 2 bridgehead atoms. The predicted molar refractivity (Wildman–Crippen MR) is 183 cm³/mol. The minimum absolute atomic E-state index is 0.200. The molecule has 3 aromatic carbocycles. The van der Waals surface area contributed by atoms with Gasteiger partial charge in [-0.15, -0.1) is 0 Å². The molecule has 1 amide bonds. The maximum absolute atomic E-state index is 14.7. The van der Waals surface area contributed by atoms with Gasteiger partial charge in [0.2, 0.25) is 0 Å². The second kappa shape index (κ2) is 11.6. The molecule has 4 aromatic rings. The number of para-hydroxylation sites is 1. The van der Waals surface area contributed by atoms with Crippen LogP contribution in [0.15, 0.2) is 77.3 Å². The van der Waals surface area contributed by atoms with Crippen molar-refractivity contribution in [2.45, 2.75) is 64.5 Å². The molecule has 0 saturated heterocycles. The van der Waals surface area contributed by atoms with Crippen molar-refractivity contribution in [3.05, 3.63) is 99.0 Å². The quantitative estimate of drug-likeness (QED) is 0.205. The van der Waals surface area contributed by atoms with Gasteiger partial charge in [0.05, 0.1) is 39.9 Å². The number of benzene rings is 3. The first kappa shape index (κ1) is 31.3. The van der Waals surface area contributed by atoms with Crippen molar-refractivity contribution >= 4 is 55.9 Å². The molecule has 6 nitrogen and oxygen atoms in total. The number of fused-ring (bicyclic) bond motifs is 3. The number of rotatable bonds is 6. The average Bonchev–Trinajstić information content (AvgIpc) is 3.00. The molecule has 1 saturated carbocycles. The molecule has 0 spiro atoms. The van der Waals surface area contributed by atoms with E-state index >= 15 is 0 Å². The van der Waals surface area contributed by atoms with Crippen LogP contribution in [0.3, 0.4) is 0 Å². The lowest BCUT2D eigenvalue weighted by Crippen LogP contribution is -2.58. The van der Waals surface area contributed by atoms with Crippen LogP contribution in [0.2, 0.25) is 5.02 Å². The topological polar surface area (TPSA) is 77.5 Å². The first-order valence-corrected chi connectivity index (χ1v) is 16.3. The number of carbonyl (C=O) groups excluding carboxylic acids is 2. The zero-order valence-electron chi connectivity index (χ0n) is 26.1. The number of carbonyl (C=O) groups is 2. The van der Waals surface area contributed by atoms with Crippen LogP contribution in [0, 0.1) is 12.3 Å². The lowest BCUT2D eigenvalue weighted by atomic mass is 9.57. The maximum atomic E-state index is 14.7. The van der Waals surface area contributed by atoms with E-state index in [0.29, 0.717) is 42.0 Å². The molecule has 1 heterocycles. The van der Waals surface area contributed by atoms with Crippen LogP contribution in [0.25, 0.3) is 27.7 Å². The highest BCUT2D eigenvalue weighted by Gasteiger charge is 2.55. The molecule has 0 radical (unpaired) electrons. The van der Waals surface area contributed by atoms with E-state index in [1.807, 2.05) is 94.4 Å². The summed E-state index contributed by atoms with van der Waals surface area (Å²) in [5, 5.41) is 4.71. The van der Waals surface area contributed by atoms with Crippen molar-refractivity contribution in [3.8, 4) is 17.0 Å². The fourth-order valence-corrected chi connectivity index (χ4v) is 7.44. The number of nitrogens with one attached hydrogen (secondary N) is 1. The highest BCUT2D eigenvalue weighted by Crippen LogP contribution is 2.56. The molecule has 0 atom stereocenters. The van der Waals surface area contributed by atoms with Crippen LogP contribution in [-0.2, 0) is 9.53 Å². The summed E-state index contributed by atoms with van der Waals surface area (Å²) in [6, 6.07) is 21.3. The van der Waals surface area contributed by atoms with Gasteiger partial charge in [-0.1, -0.05) is 76.1 Å². The Morgan fingerprint density at radius 3 is 2.36 bits per heavy atom. The smallest absolute Gasteiger partial charge is 0.316 e. The molecule has 0 aliphatic heterocycles. The maximum Gasteiger partial charge on any atom is 0.316 e. The Morgan fingerprint density at radius 1 is 0.978 bits per heavy atom. The van der Waals surface area contributed by atoms with Crippen molar-refractivity contribution in [2.24, 2.45) is 5.41 Å². The first-order valence-electron chi connectivity index (χ1n) is 15.1. The fourth-order valence-electron chi connectivity index (χ4n) is 6.83. The molecule has 1 fully saturated rings. The molecular weight excluding hydrogens is 652 g/mol. The SMILES string of the molecule is COc1c(Cl)cccc1C1=CC2(C(=O)OC(C)(C)C)CCC1(NC(=O)c1c(C)c(-c3ccccc3)nc3ccc(Br)cc13)CC2. The largest absolute Gasteiger partial charge is 0.495 e. The van der Waals surface area contributed by atoms with Gasteiger partial charge < -0.3 is 14.8 Å². The standard InChI is InChI=1S/C37H36BrClN2O4/c1-22-30(26-20-24(38)14-15-29(26)40-31(22)23-10-7-6-8-11-23)33(42)41-37-18-16-36(17-19-37,34(43)45-35(2,3)4)21-27(37)25-12-9-13-28(39)32(25)44-5/h6-15,20-21H,16-19H2,1-5H3,(H,41,42). The van der Waals surface area contributed by atoms with Gasteiger partial charge in [0, 0.05) is 21.0 Å². The summed E-state index contributed by atoms with van der Waals surface area (Å²) in [5.41, 5.74) is 3.16. The van der Waals surface area contributed by atoms with Crippen LogP contribution in [0.5, 0.6) is 5.75 Å². The van der Waals surface area contributed by atoms with E-state index in [4.69, 9.17) is 26.1 Å². The number of nitrogens with zero attached hydrogens (tertiary/aromatic N) is 1. The van der Waals surface area contributed by atoms with Crippen LogP contribution in [0.1, 0.15) is 67.9 Å². The minimum Gasteiger partial charge on any atom is -0.495 e. The monoisotopic (exact) mass is 686 g/mol. The Morgan fingerprint density at radius 2 is 1.69 bits per heavy atom. The summed E-state index contributed by atoms with van der Waals surface area (Å²) in [6.45, 7) is 7.59. The number of halogens is 2. The fraction of sp³-hybridized carbons (Fsp3) is 0.324. The molecule has 0 unspecified atom stereocenters. The van der Waals surface area contributed by atoms with Crippen LogP contribution >= 0.6 is 27.5 Å². The normalized spacial score (nSPS) is 20.9. The number of methoxy groups -OCH3 is 1. The van der Waals surface area contributed by atoms with E-state index in [9.17, 15) is 9.59 Å². The van der Waals surface area contributed by atoms with Gasteiger partial charge in [-0.25, -0.2) is 4.98 Å². The van der Waals surface area contributed by atoms with Crippen molar-refractivity contribution in [1.82, 2.24) is 10.3 Å². The summed E-state index contributed by atoms with van der Waals surface area (Å²) in [6.07, 6.45) is 4.20. The number of esters is 1. The summed E-state index contributed by atoms with van der Waals surface area (Å²) in [4.78, 5) is 33.4. The second-order valence-electron chi connectivity index (χ2n) is 13.1. The minimum atomic E-state index is -0.812. The third-order valence-corrected chi connectivity index (χ3v) is 9.81. The average molecular weight is 688 g/mol. The van der Waals surface area contributed by atoms with E-state index < -0.39 is 16.6 Å². The number of ether oxygens (including phenoxy) is 2. The number of hydrogen-bond donors (Lipinski definition) is 1. The molecule has 1 aromatic heterocycles. The highest BCUT2D eigenvalue weighted by molar-refractivity contribution is 9.10. The van der Waals surface area contributed by atoms with Gasteiger partial charge >= 0.3 is 5.97 Å². The van der Waals surface area contributed by atoms with E-state index in [0.717, 1.165) is 43.3 Å². The molecule has 1 N–H and O–H groups in total. The first-order chi connectivity index (χ1) is 21.4. The Hall–Kier alpha value is -3.68. The van der Waals surface area contributed by atoms with E-state index in [2.05, 4.69) is 21.2 Å². The summed E-state index contributed by atoms with van der Waals surface area (Å²) >= 11 is 10.2. The van der Waals surface area contributed by atoms with E-state index in [1.54, 1.807) is 13.2 Å². The number of aromatic nitrogens is 1. The van der Waals surface area contributed by atoms with Crippen molar-refractivity contribution in [3.63, 3.8) is 0 Å². The van der Waals surface area contributed by atoms with E-state index in [1.165, 1.54) is 0 Å². The van der Waals surface area contributed by atoms with Crippen LogP contribution < -0.4 is 10.1 Å². The lowest BCUT2D eigenvalue weighted by Gasteiger charge is -2.52. The van der Waals surface area contributed by atoms with Gasteiger partial charge in [-0.3, -0.25) is 9.59 Å². The Labute approximate surface area is 277 Å². The van der Waals surface area contributed by atoms with Gasteiger partial charge in [0.1, 0.15) is 11.4 Å². The third-order valence-electron chi connectivity index (χ3n) is 9.02. The second-order valence-corrected chi connectivity index (χ2v) is 14.4. The number of amides is 1. The van der Waals surface area contributed by atoms with Gasteiger partial charge in [-0.2, -0.15) is 0 Å². The van der Waals surface area contributed by atoms with Crippen molar-refractivity contribution in [1.29, 1.82) is 0 Å². The molecule has 232 valence electrons. The molecule has 7 rings (SSSR count).